The second-order valence-electron chi connectivity index (χ2n) is 9.65. The van der Waals surface area contributed by atoms with Gasteiger partial charge in [-0.1, -0.05) is 97.1 Å². The molecule has 0 aliphatic carbocycles. The van der Waals surface area contributed by atoms with Gasteiger partial charge in [-0.25, -0.2) is 0 Å². The van der Waals surface area contributed by atoms with E-state index in [1.807, 2.05) is 85.1 Å². The predicted molar refractivity (Wildman–Crippen MR) is 140 cm³/mol. The normalized spacial score (nSPS) is 19.0. The zero-order chi connectivity index (χ0) is 24.8. The zero-order valence-corrected chi connectivity index (χ0v) is 23.4. The minimum absolute atomic E-state index is 0. The van der Waals surface area contributed by atoms with E-state index in [0.29, 0.717) is 19.5 Å². The number of aromatic nitrogens is 1. The van der Waals surface area contributed by atoms with Gasteiger partial charge in [0.05, 0.1) is 11.4 Å². The van der Waals surface area contributed by atoms with Gasteiger partial charge in [0.15, 0.2) is 0 Å². The second kappa shape index (κ2) is 12.2. The van der Waals surface area contributed by atoms with Gasteiger partial charge in [0, 0.05) is 23.9 Å². The van der Waals surface area contributed by atoms with E-state index in [0.717, 1.165) is 41.8 Å². The maximum Gasteiger partial charge on any atom is 1.00 e. The molecule has 0 bridgehead atoms. The fourth-order valence-corrected chi connectivity index (χ4v) is 6.10. The summed E-state index contributed by atoms with van der Waals surface area (Å²) >= 11 is 0. The van der Waals surface area contributed by atoms with Gasteiger partial charge in [-0.05, 0) is 61.2 Å². The van der Waals surface area contributed by atoms with Gasteiger partial charge in [0.1, 0.15) is 0 Å². The maximum atomic E-state index is 13.4. The number of pyridine rings is 1. The zero-order valence-electron chi connectivity index (χ0n) is 21.4. The average molecular weight is 499 g/mol. The summed E-state index contributed by atoms with van der Waals surface area (Å²) in [5, 5.41) is 13.4. The minimum Gasteiger partial charge on any atom is -0.549 e. The molecule has 2 heterocycles. The number of aryl methyl sites for hydroxylation is 1. The fourth-order valence-electron chi connectivity index (χ4n) is 6.10. The predicted octanol–water partition coefficient (Wildman–Crippen LogP) is 1.40. The van der Waals surface area contributed by atoms with Crippen LogP contribution in [0.15, 0.2) is 115 Å². The van der Waals surface area contributed by atoms with Crippen molar-refractivity contribution in [2.75, 3.05) is 19.6 Å². The Labute approximate surface area is 241 Å². The summed E-state index contributed by atoms with van der Waals surface area (Å²) in [7, 11) is 0. The Morgan fingerprint density at radius 3 is 1.84 bits per heavy atom. The van der Waals surface area contributed by atoms with E-state index in [1.165, 1.54) is 0 Å². The summed E-state index contributed by atoms with van der Waals surface area (Å²) in [4.78, 5) is 20.3. The van der Waals surface area contributed by atoms with Crippen molar-refractivity contribution in [3.05, 3.63) is 138 Å². The van der Waals surface area contributed by atoms with Gasteiger partial charge in [0.25, 0.3) is 0 Å². The van der Waals surface area contributed by atoms with E-state index in [4.69, 9.17) is 0 Å². The Morgan fingerprint density at radius 2 is 1.32 bits per heavy atom. The molecule has 3 aromatic carbocycles. The molecule has 0 saturated carbocycles. The summed E-state index contributed by atoms with van der Waals surface area (Å²) in [6.07, 6.45) is 4.15. The number of rotatable bonds is 8. The molecule has 1 saturated heterocycles. The van der Waals surface area contributed by atoms with Crippen molar-refractivity contribution < 1.29 is 39.5 Å². The standard InChI is InChI=1S/C32H32N2O2.Na/c35-30(36)31(26-13-4-1-5-14-26)21-24-34(23-12-20-29-19-10-11-22-33-29)25-32(31,27-15-6-2-7-16-27)28-17-8-3-9-18-28;/h1-11,13-19,22H,12,20-21,23-25H2,(H,35,36);/q;+1/p-1. The molecule has 1 fully saturated rings. The number of aliphatic carboxylic acids is 1. The van der Waals surface area contributed by atoms with Crippen LogP contribution in [0.4, 0.5) is 0 Å². The quantitative estimate of drug-likeness (QED) is 0.345. The number of nitrogens with zero attached hydrogens (tertiary/aromatic N) is 2. The van der Waals surface area contributed by atoms with E-state index in [1.54, 1.807) is 0 Å². The number of carbonyl (C=O) groups excluding carboxylic acids is 1. The first kappa shape index (κ1) is 27.3. The molecule has 0 spiro atoms. The molecule has 1 aliphatic rings. The maximum absolute atomic E-state index is 13.4. The number of carboxylic acid groups (broad SMARTS) is 1. The molecule has 182 valence electrons. The molecule has 1 unspecified atom stereocenters. The van der Waals surface area contributed by atoms with E-state index in [2.05, 4.69) is 40.2 Å². The molecule has 0 radical (unpaired) electrons. The van der Waals surface area contributed by atoms with Crippen LogP contribution in [-0.2, 0) is 22.0 Å². The van der Waals surface area contributed by atoms with Crippen LogP contribution in [0.5, 0.6) is 0 Å². The van der Waals surface area contributed by atoms with Gasteiger partial charge in [-0.15, -0.1) is 0 Å². The molecule has 5 rings (SSSR count). The van der Waals surface area contributed by atoms with Crippen molar-refractivity contribution >= 4 is 5.97 Å². The van der Waals surface area contributed by atoms with Crippen LogP contribution in [0.2, 0.25) is 0 Å². The number of carbonyl (C=O) groups is 1. The topological polar surface area (TPSA) is 56.3 Å². The Kier molecular flexibility index (Phi) is 8.99. The molecule has 1 aliphatic heterocycles. The van der Waals surface area contributed by atoms with Crippen LogP contribution < -0.4 is 34.7 Å². The van der Waals surface area contributed by atoms with Crippen LogP contribution in [0.1, 0.15) is 35.2 Å². The van der Waals surface area contributed by atoms with Crippen molar-refractivity contribution in [1.82, 2.24) is 9.88 Å². The Balaban J connectivity index is 0.00000320. The number of benzene rings is 3. The Morgan fingerprint density at radius 1 is 0.784 bits per heavy atom. The molecule has 1 aromatic heterocycles. The van der Waals surface area contributed by atoms with Crippen molar-refractivity contribution in [2.45, 2.75) is 30.1 Å². The molecular weight excluding hydrogens is 467 g/mol. The monoisotopic (exact) mass is 498 g/mol. The van der Waals surface area contributed by atoms with Crippen molar-refractivity contribution in [3.8, 4) is 0 Å². The molecule has 37 heavy (non-hydrogen) atoms. The number of hydrogen-bond donors (Lipinski definition) is 0. The number of piperidine rings is 1. The van der Waals surface area contributed by atoms with Gasteiger partial charge >= 0.3 is 29.6 Å². The van der Waals surface area contributed by atoms with Crippen molar-refractivity contribution in [1.29, 1.82) is 0 Å². The van der Waals surface area contributed by atoms with E-state index >= 15 is 0 Å². The summed E-state index contributed by atoms with van der Waals surface area (Å²) in [5.74, 6) is -1.02. The fraction of sp³-hybridized carbons (Fsp3) is 0.250. The smallest absolute Gasteiger partial charge is 0.549 e. The molecule has 0 N–H and O–H groups in total. The van der Waals surface area contributed by atoms with E-state index in [9.17, 15) is 9.90 Å². The second-order valence-corrected chi connectivity index (χ2v) is 9.65. The molecule has 4 nitrogen and oxygen atoms in total. The first-order valence-corrected chi connectivity index (χ1v) is 12.7. The number of hydrogen-bond acceptors (Lipinski definition) is 4. The Hall–Kier alpha value is -2.76. The Bertz CT molecular complexity index is 1230. The van der Waals surface area contributed by atoms with Crippen LogP contribution in [0.25, 0.3) is 0 Å². The minimum atomic E-state index is -1.21. The van der Waals surface area contributed by atoms with Gasteiger partial charge in [0.2, 0.25) is 0 Å². The third-order valence-corrected chi connectivity index (χ3v) is 7.77. The molecule has 4 aromatic rings. The number of likely N-dealkylation sites (tertiary alicyclic amines) is 1. The van der Waals surface area contributed by atoms with Crippen LogP contribution in [0, 0.1) is 0 Å². The number of carboxylic acids is 1. The molecule has 0 amide bonds. The summed E-state index contributed by atoms with van der Waals surface area (Å²) < 4.78 is 0. The van der Waals surface area contributed by atoms with Crippen LogP contribution in [-0.4, -0.2) is 35.5 Å². The van der Waals surface area contributed by atoms with Gasteiger partial charge in [-0.2, -0.15) is 0 Å². The first-order valence-electron chi connectivity index (χ1n) is 12.7. The summed E-state index contributed by atoms with van der Waals surface area (Å²) in [6, 6.07) is 36.0. The van der Waals surface area contributed by atoms with E-state index < -0.39 is 16.8 Å². The molecule has 5 heteroatoms. The average Bonchev–Trinajstić information content (AvgIpc) is 2.95. The first-order chi connectivity index (χ1) is 17.7. The summed E-state index contributed by atoms with van der Waals surface area (Å²) in [5.41, 5.74) is 1.84. The van der Waals surface area contributed by atoms with Crippen molar-refractivity contribution in [3.63, 3.8) is 0 Å². The van der Waals surface area contributed by atoms with Gasteiger partial charge in [-0.3, -0.25) is 4.98 Å². The summed E-state index contributed by atoms with van der Waals surface area (Å²) in [6.45, 7) is 2.15. The third kappa shape index (κ3) is 5.17. The molecular formula is C32H31N2NaO2. The SMILES string of the molecule is O=C([O-])C1(c2ccccc2)CCN(CCCc2ccccn2)CC1(c1ccccc1)c1ccccc1.[Na+]. The van der Waals surface area contributed by atoms with Crippen molar-refractivity contribution in [2.24, 2.45) is 0 Å². The largest absolute Gasteiger partial charge is 1.00 e. The van der Waals surface area contributed by atoms with Crippen LogP contribution in [0.3, 0.4) is 0 Å². The van der Waals surface area contributed by atoms with Crippen LogP contribution >= 0.6 is 0 Å². The third-order valence-electron chi connectivity index (χ3n) is 7.77. The molecule has 1 atom stereocenters. The van der Waals surface area contributed by atoms with E-state index in [-0.39, 0.29) is 29.6 Å². The van der Waals surface area contributed by atoms with Gasteiger partial charge < -0.3 is 14.8 Å².